The number of amides is 3. The summed E-state index contributed by atoms with van der Waals surface area (Å²) in [4.78, 5) is 24.2. The Labute approximate surface area is 152 Å². The number of halogens is 1. The third-order valence-corrected chi connectivity index (χ3v) is 3.73. The molecule has 0 aliphatic rings. The van der Waals surface area contributed by atoms with Gasteiger partial charge in [0.15, 0.2) is 0 Å². The smallest absolute Gasteiger partial charge is 0.319 e. The maximum atomic E-state index is 12.5. The number of hydrogen-bond acceptors (Lipinski definition) is 2. The van der Waals surface area contributed by atoms with E-state index in [4.69, 9.17) is 11.6 Å². The molecule has 132 valence electrons. The first kappa shape index (κ1) is 18.8. The van der Waals surface area contributed by atoms with Crippen LogP contribution in [-0.4, -0.2) is 18.0 Å². The van der Waals surface area contributed by atoms with Crippen LogP contribution in [0.15, 0.2) is 48.5 Å². The van der Waals surface area contributed by atoms with Gasteiger partial charge in [-0.15, -0.1) is 0 Å². The molecule has 6 heteroatoms. The van der Waals surface area contributed by atoms with E-state index in [1.54, 1.807) is 30.3 Å². The minimum atomic E-state index is -0.306. The molecule has 25 heavy (non-hydrogen) atoms. The summed E-state index contributed by atoms with van der Waals surface area (Å²) in [5.74, 6) is -0.222. The van der Waals surface area contributed by atoms with Gasteiger partial charge in [0.25, 0.3) is 5.91 Å². The highest BCUT2D eigenvalue weighted by Crippen LogP contribution is 2.18. The zero-order valence-corrected chi connectivity index (χ0v) is 15.2. The van der Waals surface area contributed by atoms with Crippen molar-refractivity contribution in [3.05, 3.63) is 64.7 Å². The average Bonchev–Trinajstić information content (AvgIpc) is 2.54. The van der Waals surface area contributed by atoms with Crippen LogP contribution in [0.3, 0.4) is 0 Å². The molecule has 2 rings (SSSR count). The van der Waals surface area contributed by atoms with E-state index in [0.29, 0.717) is 16.3 Å². The molecule has 0 aliphatic heterocycles. The molecule has 2 aromatic carbocycles. The SMILES string of the molecule is CC(C)NC(=O)Nc1cccc(C(=O)N[C@@H](C)c2cccc(Cl)c2)c1. The molecule has 0 unspecified atom stereocenters. The van der Waals surface area contributed by atoms with Crippen molar-refractivity contribution in [2.75, 3.05) is 5.32 Å². The van der Waals surface area contributed by atoms with Gasteiger partial charge in [0.05, 0.1) is 6.04 Å². The lowest BCUT2D eigenvalue weighted by Gasteiger charge is -2.15. The lowest BCUT2D eigenvalue weighted by Crippen LogP contribution is -2.34. The normalized spacial score (nSPS) is 11.7. The van der Waals surface area contributed by atoms with Gasteiger partial charge in [-0.25, -0.2) is 4.79 Å². The second kappa shape index (κ2) is 8.53. The fourth-order valence-electron chi connectivity index (χ4n) is 2.31. The molecule has 0 aromatic heterocycles. The number of carbonyl (C=O) groups excluding carboxylic acids is 2. The second-order valence-electron chi connectivity index (χ2n) is 6.08. The Kier molecular flexibility index (Phi) is 6.42. The van der Waals surface area contributed by atoms with E-state index in [9.17, 15) is 9.59 Å². The summed E-state index contributed by atoms with van der Waals surface area (Å²) in [6.07, 6.45) is 0. The van der Waals surface area contributed by atoms with Crippen molar-refractivity contribution >= 4 is 29.2 Å². The quantitative estimate of drug-likeness (QED) is 0.742. The van der Waals surface area contributed by atoms with Gasteiger partial charge in [0, 0.05) is 22.3 Å². The van der Waals surface area contributed by atoms with Gasteiger partial charge < -0.3 is 16.0 Å². The molecule has 0 saturated carbocycles. The van der Waals surface area contributed by atoms with Crippen molar-refractivity contribution in [2.45, 2.75) is 32.9 Å². The van der Waals surface area contributed by atoms with Crippen LogP contribution in [-0.2, 0) is 0 Å². The number of nitrogens with one attached hydrogen (secondary N) is 3. The van der Waals surface area contributed by atoms with Crippen LogP contribution in [0.25, 0.3) is 0 Å². The van der Waals surface area contributed by atoms with Crippen LogP contribution in [0.2, 0.25) is 5.02 Å². The van der Waals surface area contributed by atoms with Crippen LogP contribution < -0.4 is 16.0 Å². The molecule has 3 N–H and O–H groups in total. The largest absolute Gasteiger partial charge is 0.346 e. The molecular weight excluding hydrogens is 338 g/mol. The van der Waals surface area contributed by atoms with E-state index in [2.05, 4.69) is 16.0 Å². The van der Waals surface area contributed by atoms with Crippen LogP contribution in [0.5, 0.6) is 0 Å². The van der Waals surface area contributed by atoms with Gasteiger partial charge in [-0.1, -0.05) is 29.8 Å². The van der Waals surface area contributed by atoms with E-state index in [1.165, 1.54) is 0 Å². The Morgan fingerprint density at radius 3 is 2.36 bits per heavy atom. The van der Waals surface area contributed by atoms with Gasteiger partial charge in [-0.2, -0.15) is 0 Å². The number of anilines is 1. The molecule has 0 radical (unpaired) electrons. The van der Waals surface area contributed by atoms with Gasteiger partial charge in [-0.3, -0.25) is 4.79 Å². The third kappa shape index (κ3) is 5.80. The Morgan fingerprint density at radius 1 is 0.960 bits per heavy atom. The highest BCUT2D eigenvalue weighted by Gasteiger charge is 2.13. The first-order valence-electron chi connectivity index (χ1n) is 8.09. The predicted molar refractivity (Wildman–Crippen MR) is 101 cm³/mol. The van der Waals surface area contributed by atoms with Crippen LogP contribution in [0.1, 0.15) is 42.7 Å². The Morgan fingerprint density at radius 2 is 1.68 bits per heavy atom. The third-order valence-electron chi connectivity index (χ3n) is 3.50. The first-order valence-corrected chi connectivity index (χ1v) is 8.47. The summed E-state index contributed by atoms with van der Waals surface area (Å²) in [7, 11) is 0. The lowest BCUT2D eigenvalue weighted by atomic mass is 10.1. The molecule has 1 atom stereocenters. The Hall–Kier alpha value is -2.53. The summed E-state index contributed by atoms with van der Waals surface area (Å²) < 4.78 is 0. The zero-order valence-electron chi connectivity index (χ0n) is 14.5. The summed E-state index contributed by atoms with van der Waals surface area (Å²) in [6, 6.07) is 13.7. The van der Waals surface area contributed by atoms with Gasteiger partial charge in [-0.05, 0) is 56.7 Å². The molecule has 3 amide bonds. The number of urea groups is 1. The molecule has 0 aliphatic carbocycles. The maximum Gasteiger partial charge on any atom is 0.319 e. The molecule has 0 saturated heterocycles. The van der Waals surface area contributed by atoms with Crippen molar-refractivity contribution in [2.24, 2.45) is 0 Å². The molecular formula is C19H22ClN3O2. The van der Waals surface area contributed by atoms with Gasteiger partial charge in [0.1, 0.15) is 0 Å². The van der Waals surface area contributed by atoms with Crippen LogP contribution in [0, 0.1) is 0 Å². The van der Waals surface area contributed by atoms with Crippen molar-refractivity contribution in [3.63, 3.8) is 0 Å². The second-order valence-corrected chi connectivity index (χ2v) is 6.52. The number of benzene rings is 2. The minimum absolute atomic E-state index is 0.0324. The highest BCUT2D eigenvalue weighted by atomic mass is 35.5. The lowest BCUT2D eigenvalue weighted by molar-refractivity contribution is 0.0940. The van der Waals surface area contributed by atoms with Crippen molar-refractivity contribution < 1.29 is 9.59 Å². The van der Waals surface area contributed by atoms with Crippen molar-refractivity contribution in [1.82, 2.24) is 10.6 Å². The average molecular weight is 360 g/mol. The monoisotopic (exact) mass is 359 g/mol. The molecule has 0 fully saturated rings. The molecule has 0 heterocycles. The molecule has 5 nitrogen and oxygen atoms in total. The maximum absolute atomic E-state index is 12.5. The Bertz CT molecular complexity index is 762. The zero-order chi connectivity index (χ0) is 18.4. The standard InChI is InChI=1S/C19H22ClN3O2/c1-12(2)21-19(25)23-17-9-5-7-15(11-17)18(24)22-13(3)14-6-4-8-16(20)10-14/h4-13H,1-3H3,(H,22,24)(H2,21,23,25)/t13-/m0/s1. The number of carbonyl (C=O) groups is 2. The van der Waals surface area contributed by atoms with E-state index < -0.39 is 0 Å². The number of hydrogen-bond donors (Lipinski definition) is 3. The topological polar surface area (TPSA) is 70.2 Å². The fourth-order valence-corrected chi connectivity index (χ4v) is 2.51. The fraction of sp³-hybridized carbons (Fsp3) is 0.263. The van der Waals surface area contributed by atoms with Crippen LogP contribution in [0.4, 0.5) is 10.5 Å². The molecule has 0 bridgehead atoms. The Balaban J connectivity index is 2.04. The van der Waals surface area contributed by atoms with E-state index in [0.717, 1.165) is 5.56 Å². The van der Waals surface area contributed by atoms with E-state index in [-0.39, 0.29) is 24.0 Å². The summed E-state index contributed by atoms with van der Waals surface area (Å²) in [5, 5.41) is 9.00. The van der Waals surface area contributed by atoms with Gasteiger partial charge in [0.2, 0.25) is 0 Å². The van der Waals surface area contributed by atoms with Crippen molar-refractivity contribution in [1.29, 1.82) is 0 Å². The summed E-state index contributed by atoms with van der Waals surface area (Å²) in [6.45, 7) is 5.64. The van der Waals surface area contributed by atoms with Crippen molar-refractivity contribution in [3.8, 4) is 0 Å². The highest BCUT2D eigenvalue weighted by molar-refractivity contribution is 6.30. The summed E-state index contributed by atoms with van der Waals surface area (Å²) >= 11 is 5.99. The molecule has 2 aromatic rings. The van der Waals surface area contributed by atoms with Crippen LogP contribution >= 0.6 is 11.6 Å². The van der Waals surface area contributed by atoms with E-state index in [1.807, 2.05) is 39.0 Å². The predicted octanol–water partition coefficient (Wildman–Crippen LogP) is 4.36. The first-order chi connectivity index (χ1) is 11.8. The number of rotatable bonds is 5. The minimum Gasteiger partial charge on any atom is -0.346 e. The molecule has 0 spiro atoms. The summed E-state index contributed by atoms with van der Waals surface area (Å²) in [5.41, 5.74) is 1.95. The van der Waals surface area contributed by atoms with E-state index >= 15 is 0 Å². The van der Waals surface area contributed by atoms with Gasteiger partial charge >= 0.3 is 6.03 Å².